The minimum absolute atomic E-state index is 0.318. The van der Waals surface area contributed by atoms with Gasteiger partial charge in [-0.05, 0) is 47.2 Å². The Morgan fingerprint density at radius 3 is 2.18 bits per heavy atom. The van der Waals surface area contributed by atoms with Crippen LogP contribution in [-0.2, 0) is 12.8 Å². The van der Waals surface area contributed by atoms with Crippen LogP contribution in [0.4, 0.5) is 0 Å². The first-order valence-corrected chi connectivity index (χ1v) is 6.15. The summed E-state index contributed by atoms with van der Waals surface area (Å²) in [6.45, 7) is 4.34. The lowest BCUT2D eigenvalue weighted by Gasteiger charge is -2.10. The van der Waals surface area contributed by atoms with Gasteiger partial charge in [0.25, 0.3) is 0 Å². The summed E-state index contributed by atoms with van der Waals surface area (Å²) in [5, 5.41) is 9.33. The van der Waals surface area contributed by atoms with Crippen LogP contribution in [0.3, 0.4) is 0 Å². The molecule has 88 valence electrons. The molecule has 0 fully saturated rings. The Hall–Kier alpha value is -1.76. The molecule has 1 N–H and O–H groups in total. The molecule has 0 aliphatic heterocycles. The van der Waals surface area contributed by atoms with Gasteiger partial charge in [-0.3, -0.25) is 0 Å². The van der Waals surface area contributed by atoms with Crippen molar-refractivity contribution in [2.45, 2.75) is 26.7 Å². The van der Waals surface area contributed by atoms with Crippen molar-refractivity contribution < 1.29 is 5.11 Å². The van der Waals surface area contributed by atoms with E-state index in [-0.39, 0.29) is 0 Å². The molecule has 0 bridgehead atoms. The topological polar surface area (TPSA) is 20.2 Å². The van der Waals surface area contributed by atoms with E-state index in [1.807, 2.05) is 12.1 Å². The van der Waals surface area contributed by atoms with Crippen LogP contribution in [0.5, 0.6) is 5.75 Å². The normalized spacial score (nSPS) is 10.5. The number of phenolic OH excluding ortho intramolecular Hbond substituents is 1. The fourth-order valence-corrected chi connectivity index (χ4v) is 2.06. The Kier molecular flexibility index (Phi) is 3.48. The fraction of sp³-hybridized carbons (Fsp3) is 0.250. The van der Waals surface area contributed by atoms with Gasteiger partial charge in [-0.15, -0.1) is 0 Å². The van der Waals surface area contributed by atoms with Gasteiger partial charge in [0.1, 0.15) is 5.75 Å². The molecule has 2 aromatic carbocycles. The number of benzene rings is 2. The van der Waals surface area contributed by atoms with Gasteiger partial charge < -0.3 is 5.11 Å². The molecule has 2 aromatic rings. The molecule has 1 nitrogen and oxygen atoms in total. The molecule has 0 heterocycles. The molecule has 0 aliphatic rings. The highest BCUT2D eigenvalue weighted by Gasteiger charge is 2.04. The highest BCUT2D eigenvalue weighted by Crippen LogP contribution is 2.27. The van der Waals surface area contributed by atoms with Crippen molar-refractivity contribution in [3.8, 4) is 16.9 Å². The van der Waals surface area contributed by atoms with Crippen LogP contribution < -0.4 is 0 Å². The summed E-state index contributed by atoms with van der Waals surface area (Å²) in [5.74, 6) is 0.318. The zero-order valence-corrected chi connectivity index (χ0v) is 10.4. The average molecular weight is 226 g/mol. The molecule has 0 spiro atoms. The molecule has 0 unspecified atom stereocenters. The first-order valence-electron chi connectivity index (χ1n) is 6.15. The quantitative estimate of drug-likeness (QED) is 0.832. The molecule has 0 saturated carbocycles. The van der Waals surface area contributed by atoms with Crippen LogP contribution in [0.2, 0.25) is 0 Å². The van der Waals surface area contributed by atoms with E-state index in [0.717, 1.165) is 12.8 Å². The lowest BCUT2D eigenvalue weighted by atomic mass is 9.95. The van der Waals surface area contributed by atoms with E-state index >= 15 is 0 Å². The zero-order chi connectivity index (χ0) is 12.3. The molecule has 17 heavy (non-hydrogen) atoms. The van der Waals surface area contributed by atoms with Crippen LogP contribution in [-0.4, -0.2) is 5.11 Å². The van der Waals surface area contributed by atoms with Crippen molar-refractivity contribution >= 4 is 0 Å². The Morgan fingerprint density at radius 1 is 0.882 bits per heavy atom. The van der Waals surface area contributed by atoms with Gasteiger partial charge in [0.05, 0.1) is 0 Å². The molecule has 0 aliphatic carbocycles. The maximum Gasteiger partial charge on any atom is 0.115 e. The van der Waals surface area contributed by atoms with Crippen molar-refractivity contribution in [2.24, 2.45) is 0 Å². The second-order valence-electron chi connectivity index (χ2n) is 4.25. The van der Waals surface area contributed by atoms with Gasteiger partial charge >= 0.3 is 0 Å². The zero-order valence-electron chi connectivity index (χ0n) is 10.4. The van der Waals surface area contributed by atoms with Gasteiger partial charge in [-0.25, -0.2) is 0 Å². The minimum atomic E-state index is 0.318. The fourth-order valence-electron chi connectivity index (χ4n) is 2.06. The first kappa shape index (κ1) is 11.7. The van der Waals surface area contributed by atoms with E-state index in [9.17, 15) is 5.11 Å². The van der Waals surface area contributed by atoms with E-state index in [1.165, 1.54) is 22.3 Å². The molecule has 0 aromatic heterocycles. The minimum Gasteiger partial charge on any atom is -0.508 e. The van der Waals surface area contributed by atoms with Crippen LogP contribution in [0.25, 0.3) is 11.1 Å². The Bertz CT molecular complexity index is 497. The van der Waals surface area contributed by atoms with Gasteiger partial charge in [-0.2, -0.15) is 0 Å². The van der Waals surface area contributed by atoms with Gasteiger partial charge in [-0.1, -0.05) is 44.2 Å². The van der Waals surface area contributed by atoms with E-state index in [2.05, 4.69) is 32.0 Å². The highest BCUT2D eigenvalue weighted by molar-refractivity contribution is 5.68. The lowest BCUT2D eigenvalue weighted by molar-refractivity contribution is 0.475. The highest BCUT2D eigenvalue weighted by atomic mass is 16.3. The van der Waals surface area contributed by atoms with Crippen LogP contribution in [0.15, 0.2) is 42.5 Å². The summed E-state index contributed by atoms with van der Waals surface area (Å²) in [7, 11) is 0. The Balaban J connectivity index is 2.51. The molecular weight excluding hydrogens is 208 g/mol. The molecule has 2 rings (SSSR count). The monoisotopic (exact) mass is 226 g/mol. The third-order valence-corrected chi connectivity index (χ3v) is 3.14. The SMILES string of the molecule is CCc1ccc(CC)c(-c2ccc(O)cc2)c1. The largest absolute Gasteiger partial charge is 0.508 e. The van der Waals surface area contributed by atoms with E-state index < -0.39 is 0 Å². The number of hydrogen-bond acceptors (Lipinski definition) is 1. The molecule has 0 radical (unpaired) electrons. The smallest absolute Gasteiger partial charge is 0.115 e. The van der Waals surface area contributed by atoms with Crippen LogP contribution >= 0.6 is 0 Å². The third-order valence-electron chi connectivity index (χ3n) is 3.14. The van der Waals surface area contributed by atoms with E-state index in [0.29, 0.717) is 5.75 Å². The standard InChI is InChI=1S/C16H18O/c1-3-12-5-6-13(4-2)16(11-12)14-7-9-15(17)10-8-14/h5-11,17H,3-4H2,1-2H3. The summed E-state index contributed by atoms with van der Waals surface area (Å²) < 4.78 is 0. The van der Waals surface area contributed by atoms with Gasteiger partial charge in [0.15, 0.2) is 0 Å². The van der Waals surface area contributed by atoms with Crippen molar-refractivity contribution in [1.82, 2.24) is 0 Å². The first-order chi connectivity index (χ1) is 8.24. The van der Waals surface area contributed by atoms with Crippen molar-refractivity contribution in [1.29, 1.82) is 0 Å². The maximum atomic E-state index is 9.33. The lowest BCUT2D eigenvalue weighted by Crippen LogP contribution is -1.90. The molecular formula is C16H18O. The number of phenols is 1. The predicted octanol–water partition coefficient (Wildman–Crippen LogP) is 4.18. The summed E-state index contributed by atoms with van der Waals surface area (Å²) >= 11 is 0. The second kappa shape index (κ2) is 5.05. The van der Waals surface area contributed by atoms with E-state index in [4.69, 9.17) is 0 Å². The maximum absolute atomic E-state index is 9.33. The van der Waals surface area contributed by atoms with Gasteiger partial charge in [0.2, 0.25) is 0 Å². The van der Waals surface area contributed by atoms with Crippen molar-refractivity contribution in [2.75, 3.05) is 0 Å². The number of hydrogen-bond donors (Lipinski definition) is 1. The molecule has 1 heteroatoms. The summed E-state index contributed by atoms with van der Waals surface area (Å²) in [6, 6.07) is 14.1. The molecule has 0 saturated heterocycles. The number of aryl methyl sites for hydroxylation is 2. The van der Waals surface area contributed by atoms with Crippen molar-refractivity contribution in [3.05, 3.63) is 53.6 Å². The second-order valence-corrected chi connectivity index (χ2v) is 4.25. The Morgan fingerprint density at radius 2 is 1.59 bits per heavy atom. The van der Waals surface area contributed by atoms with Crippen LogP contribution in [0.1, 0.15) is 25.0 Å². The number of aromatic hydroxyl groups is 1. The van der Waals surface area contributed by atoms with Crippen molar-refractivity contribution in [3.63, 3.8) is 0 Å². The molecule has 0 atom stereocenters. The summed E-state index contributed by atoms with van der Waals surface area (Å²) in [5.41, 5.74) is 5.17. The van der Waals surface area contributed by atoms with E-state index in [1.54, 1.807) is 12.1 Å². The average Bonchev–Trinajstić information content (AvgIpc) is 2.39. The van der Waals surface area contributed by atoms with Gasteiger partial charge in [0, 0.05) is 0 Å². The summed E-state index contributed by atoms with van der Waals surface area (Å²) in [4.78, 5) is 0. The predicted molar refractivity (Wildman–Crippen MR) is 72.3 cm³/mol. The molecule has 0 amide bonds. The number of rotatable bonds is 3. The Labute approximate surface area is 103 Å². The summed E-state index contributed by atoms with van der Waals surface area (Å²) in [6.07, 6.45) is 2.08. The van der Waals surface area contributed by atoms with Crippen LogP contribution in [0, 0.1) is 0 Å². The third kappa shape index (κ3) is 2.50.